The van der Waals surface area contributed by atoms with Gasteiger partial charge in [0.05, 0.1) is 18.8 Å². The third kappa shape index (κ3) is 3.52. The van der Waals surface area contributed by atoms with E-state index in [1.54, 1.807) is 6.92 Å². The highest BCUT2D eigenvalue weighted by Gasteiger charge is 2.24. The molecule has 0 atom stereocenters. The summed E-state index contributed by atoms with van der Waals surface area (Å²) in [5.41, 5.74) is -0.00928. The minimum atomic E-state index is -0.819. The Bertz CT molecular complexity index is 370. The van der Waals surface area contributed by atoms with Crippen molar-refractivity contribution in [1.82, 2.24) is 9.97 Å². The maximum absolute atomic E-state index is 9.24. The number of aliphatic hydroxyl groups excluding tert-OH is 2. The van der Waals surface area contributed by atoms with Gasteiger partial charge in [-0.25, -0.2) is 9.97 Å². The van der Waals surface area contributed by atoms with Crippen LogP contribution in [-0.2, 0) is 6.42 Å². The first-order valence-corrected chi connectivity index (χ1v) is 5.93. The number of aliphatic hydroxyl groups is 2. The van der Waals surface area contributed by atoms with Gasteiger partial charge < -0.3 is 15.5 Å². The average molecular weight is 260 g/mol. The first-order valence-electron chi connectivity index (χ1n) is 5.55. The van der Waals surface area contributed by atoms with Crippen LogP contribution in [0.1, 0.15) is 25.8 Å². The highest BCUT2D eigenvalue weighted by molar-refractivity contribution is 6.30. The summed E-state index contributed by atoms with van der Waals surface area (Å²) in [6, 6.07) is 0. The lowest BCUT2D eigenvalue weighted by atomic mass is 10.0. The van der Waals surface area contributed by atoms with Crippen LogP contribution < -0.4 is 5.32 Å². The van der Waals surface area contributed by atoms with E-state index in [1.807, 2.05) is 6.92 Å². The molecule has 0 aromatic carbocycles. The van der Waals surface area contributed by atoms with Crippen LogP contribution in [0.4, 0.5) is 5.82 Å². The number of aromatic nitrogens is 2. The van der Waals surface area contributed by atoms with Gasteiger partial charge in [0.25, 0.3) is 0 Å². The van der Waals surface area contributed by atoms with Gasteiger partial charge >= 0.3 is 0 Å². The Hall–Kier alpha value is -0.910. The highest BCUT2D eigenvalue weighted by Crippen LogP contribution is 2.24. The Balaban J connectivity index is 3.01. The van der Waals surface area contributed by atoms with Gasteiger partial charge in [0.2, 0.25) is 0 Å². The molecule has 1 aromatic heterocycles. The molecule has 0 fully saturated rings. The zero-order valence-corrected chi connectivity index (χ0v) is 10.8. The molecule has 0 saturated carbocycles. The third-order valence-electron chi connectivity index (χ3n) is 2.51. The molecule has 1 heterocycles. The average Bonchev–Trinajstić information content (AvgIpc) is 2.33. The Morgan fingerprint density at radius 3 is 2.53 bits per heavy atom. The summed E-state index contributed by atoms with van der Waals surface area (Å²) in [6.07, 6.45) is 3.02. The minimum Gasteiger partial charge on any atom is -0.394 e. The van der Waals surface area contributed by atoms with Gasteiger partial charge in [-0.1, -0.05) is 24.9 Å². The zero-order valence-electron chi connectivity index (χ0n) is 10.1. The summed E-state index contributed by atoms with van der Waals surface area (Å²) >= 11 is 6.01. The van der Waals surface area contributed by atoms with Crippen LogP contribution in [0.3, 0.4) is 0 Å². The molecule has 1 rings (SSSR count). The van der Waals surface area contributed by atoms with E-state index < -0.39 is 5.54 Å². The first kappa shape index (κ1) is 14.2. The molecular formula is C11H18ClN3O2. The molecule has 6 heteroatoms. The second-order valence-electron chi connectivity index (χ2n) is 4.24. The smallest absolute Gasteiger partial charge is 0.137 e. The summed E-state index contributed by atoms with van der Waals surface area (Å²) in [6.45, 7) is 3.34. The Labute approximate surface area is 106 Å². The maximum atomic E-state index is 9.24. The van der Waals surface area contributed by atoms with Crippen molar-refractivity contribution in [2.45, 2.75) is 32.2 Å². The van der Waals surface area contributed by atoms with Gasteiger partial charge in [-0.2, -0.15) is 0 Å². The van der Waals surface area contributed by atoms with E-state index in [0.29, 0.717) is 11.0 Å². The lowest BCUT2D eigenvalue weighted by molar-refractivity contribution is 0.147. The fourth-order valence-corrected chi connectivity index (χ4v) is 1.61. The Morgan fingerprint density at radius 1 is 1.35 bits per heavy atom. The Morgan fingerprint density at radius 2 is 2.00 bits per heavy atom. The van der Waals surface area contributed by atoms with Crippen LogP contribution >= 0.6 is 11.6 Å². The second-order valence-corrected chi connectivity index (χ2v) is 4.60. The first-order chi connectivity index (χ1) is 8.06. The number of anilines is 1. The second kappa shape index (κ2) is 6.14. The van der Waals surface area contributed by atoms with E-state index in [-0.39, 0.29) is 13.2 Å². The van der Waals surface area contributed by atoms with E-state index >= 15 is 0 Å². The third-order valence-corrected chi connectivity index (χ3v) is 2.84. The predicted molar refractivity (Wildman–Crippen MR) is 67.2 cm³/mol. The SMILES string of the molecule is CCCc1c(Cl)ncnc1NC(C)(CO)CO. The standard InChI is InChI=1S/C11H18ClN3O2/c1-3-4-8-9(12)13-7-14-10(8)15-11(2,5-16)6-17/h7,16-17H,3-6H2,1-2H3,(H,13,14,15). The molecular weight excluding hydrogens is 242 g/mol. The van der Waals surface area contributed by atoms with Gasteiger partial charge in [-0.3, -0.25) is 0 Å². The summed E-state index contributed by atoms with van der Waals surface area (Å²) in [5.74, 6) is 0.567. The number of hydrogen-bond donors (Lipinski definition) is 3. The molecule has 0 saturated heterocycles. The summed E-state index contributed by atoms with van der Waals surface area (Å²) < 4.78 is 0. The lowest BCUT2D eigenvalue weighted by Gasteiger charge is -2.28. The number of hydrogen-bond acceptors (Lipinski definition) is 5. The van der Waals surface area contributed by atoms with Crippen LogP contribution in [-0.4, -0.2) is 38.9 Å². The van der Waals surface area contributed by atoms with Crippen LogP contribution in [0, 0.1) is 0 Å². The van der Waals surface area contributed by atoms with Crippen molar-refractivity contribution < 1.29 is 10.2 Å². The molecule has 0 aliphatic carbocycles. The molecule has 1 aromatic rings. The van der Waals surface area contributed by atoms with E-state index in [2.05, 4.69) is 15.3 Å². The molecule has 0 bridgehead atoms. The normalized spacial score (nSPS) is 11.6. The lowest BCUT2D eigenvalue weighted by Crippen LogP contribution is -2.43. The molecule has 0 spiro atoms. The van der Waals surface area contributed by atoms with Gasteiger partial charge in [0.15, 0.2) is 0 Å². The van der Waals surface area contributed by atoms with Crippen molar-refractivity contribution in [1.29, 1.82) is 0 Å². The predicted octanol–water partition coefficient (Wildman–Crippen LogP) is 1.24. The zero-order chi connectivity index (χ0) is 12.9. The van der Waals surface area contributed by atoms with Crippen LogP contribution in [0.5, 0.6) is 0 Å². The molecule has 0 aliphatic heterocycles. The topological polar surface area (TPSA) is 78.3 Å². The van der Waals surface area contributed by atoms with Crippen molar-refractivity contribution in [3.8, 4) is 0 Å². The molecule has 0 unspecified atom stereocenters. The molecule has 5 nitrogen and oxygen atoms in total. The van der Waals surface area contributed by atoms with Crippen molar-refractivity contribution >= 4 is 17.4 Å². The van der Waals surface area contributed by atoms with Crippen molar-refractivity contribution in [2.24, 2.45) is 0 Å². The van der Waals surface area contributed by atoms with Gasteiger partial charge in [-0.05, 0) is 13.3 Å². The molecule has 17 heavy (non-hydrogen) atoms. The Kier molecular flexibility index (Phi) is 5.11. The molecule has 0 aliphatic rings. The molecule has 0 amide bonds. The number of nitrogens with one attached hydrogen (secondary N) is 1. The van der Waals surface area contributed by atoms with Gasteiger partial charge in [0, 0.05) is 5.56 Å². The van der Waals surface area contributed by atoms with Crippen molar-refractivity contribution in [3.63, 3.8) is 0 Å². The quantitative estimate of drug-likeness (QED) is 0.670. The fraction of sp³-hybridized carbons (Fsp3) is 0.636. The van der Waals surface area contributed by atoms with E-state index in [0.717, 1.165) is 18.4 Å². The van der Waals surface area contributed by atoms with E-state index in [9.17, 15) is 10.2 Å². The number of halogens is 1. The largest absolute Gasteiger partial charge is 0.394 e. The van der Waals surface area contributed by atoms with Crippen molar-refractivity contribution in [2.75, 3.05) is 18.5 Å². The van der Waals surface area contributed by atoms with Crippen LogP contribution in [0.15, 0.2) is 6.33 Å². The van der Waals surface area contributed by atoms with E-state index in [4.69, 9.17) is 11.6 Å². The number of rotatable bonds is 6. The summed E-state index contributed by atoms with van der Waals surface area (Å²) in [4.78, 5) is 8.04. The highest BCUT2D eigenvalue weighted by atomic mass is 35.5. The fourth-order valence-electron chi connectivity index (χ4n) is 1.39. The molecule has 0 radical (unpaired) electrons. The maximum Gasteiger partial charge on any atom is 0.137 e. The molecule has 3 N–H and O–H groups in total. The minimum absolute atomic E-state index is 0.198. The van der Waals surface area contributed by atoms with Crippen molar-refractivity contribution in [3.05, 3.63) is 17.0 Å². The van der Waals surface area contributed by atoms with Gasteiger partial charge in [-0.15, -0.1) is 0 Å². The summed E-state index contributed by atoms with van der Waals surface area (Å²) in [5, 5.41) is 21.9. The summed E-state index contributed by atoms with van der Waals surface area (Å²) in [7, 11) is 0. The van der Waals surface area contributed by atoms with Crippen LogP contribution in [0.25, 0.3) is 0 Å². The number of nitrogens with zero attached hydrogens (tertiary/aromatic N) is 2. The van der Waals surface area contributed by atoms with Gasteiger partial charge in [0.1, 0.15) is 17.3 Å². The molecule has 96 valence electrons. The van der Waals surface area contributed by atoms with Crippen LogP contribution in [0.2, 0.25) is 5.15 Å². The van der Waals surface area contributed by atoms with E-state index in [1.165, 1.54) is 6.33 Å². The monoisotopic (exact) mass is 259 g/mol.